The van der Waals surface area contributed by atoms with E-state index in [1.807, 2.05) is 17.0 Å². The Morgan fingerprint density at radius 1 is 0.969 bits per heavy atom. The number of carbonyl (C=O) groups excluding carboxylic acids is 1. The number of anilines is 1. The van der Waals surface area contributed by atoms with Gasteiger partial charge in [0.05, 0.1) is 12.8 Å². The second-order valence-corrected chi connectivity index (χ2v) is 7.79. The summed E-state index contributed by atoms with van der Waals surface area (Å²) in [7, 11) is 1.61. The van der Waals surface area contributed by atoms with Crippen molar-refractivity contribution in [2.45, 2.75) is 0 Å². The second kappa shape index (κ2) is 8.43. The molecule has 1 saturated heterocycles. The number of halogens is 1. The Labute approximate surface area is 189 Å². The summed E-state index contributed by atoms with van der Waals surface area (Å²) in [5, 5.41) is 9.25. The van der Waals surface area contributed by atoms with Crippen LogP contribution in [-0.2, 0) is 0 Å². The van der Waals surface area contributed by atoms with E-state index in [1.54, 1.807) is 48.2 Å². The van der Waals surface area contributed by atoms with Gasteiger partial charge in [-0.1, -0.05) is 16.8 Å². The molecule has 10 heteroatoms. The number of nitrogens with zero attached hydrogens (tertiary/aromatic N) is 7. The molecule has 0 aliphatic carbocycles. The highest BCUT2D eigenvalue weighted by Gasteiger charge is 2.25. The van der Waals surface area contributed by atoms with Crippen LogP contribution in [0.5, 0.6) is 5.75 Å². The van der Waals surface area contributed by atoms with Gasteiger partial charge in [0, 0.05) is 36.8 Å². The van der Waals surface area contributed by atoms with Crippen molar-refractivity contribution in [1.29, 1.82) is 0 Å². The highest BCUT2D eigenvalue weighted by molar-refractivity contribution is 6.30. The van der Waals surface area contributed by atoms with Crippen molar-refractivity contribution in [1.82, 2.24) is 29.9 Å². The third-order valence-electron chi connectivity index (χ3n) is 5.49. The van der Waals surface area contributed by atoms with E-state index in [4.69, 9.17) is 16.3 Å². The Morgan fingerprint density at radius 3 is 2.38 bits per heavy atom. The summed E-state index contributed by atoms with van der Waals surface area (Å²) in [6, 6.07) is 14.5. The topological polar surface area (TPSA) is 89.3 Å². The lowest BCUT2D eigenvalue weighted by molar-refractivity contribution is 0.0746. The number of benzene rings is 2. The van der Waals surface area contributed by atoms with Gasteiger partial charge in [0.15, 0.2) is 17.0 Å². The third-order valence-corrected chi connectivity index (χ3v) is 5.74. The molecule has 0 spiro atoms. The normalized spacial score (nSPS) is 14.1. The van der Waals surface area contributed by atoms with Gasteiger partial charge in [-0.15, -0.1) is 5.10 Å². The smallest absolute Gasteiger partial charge is 0.253 e. The van der Waals surface area contributed by atoms with E-state index in [2.05, 4.69) is 25.2 Å². The first-order valence-electron chi connectivity index (χ1n) is 10.1. The van der Waals surface area contributed by atoms with E-state index in [9.17, 15) is 4.79 Å². The average molecular weight is 450 g/mol. The number of amides is 1. The maximum Gasteiger partial charge on any atom is 0.253 e. The molecule has 5 rings (SSSR count). The molecule has 0 radical (unpaired) electrons. The fourth-order valence-corrected chi connectivity index (χ4v) is 3.89. The third kappa shape index (κ3) is 3.71. The van der Waals surface area contributed by atoms with Gasteiger partial charge < -0.3 is 14.5 Å². The Balaban J connectivity index is 1.33. The van der Waals surface area contributed by atoms with Gasteiger partial charge >= 0.3 is 0 Å². The molecule has 0 saturated carbocycles. The molecule has 1 aliphatic heterocycles. The van der Waals surface area contributed by atoms with Crippen molar-refractivity contribution >= 4 is 34.5 Å². The number of hydrogen-bond acceptors (Lipinski definition) is 7. The van der Waals surface area contributed by atoms with Gasteiger partial charge in [-0.25, -0.2) is 9.97 Å². The summed E-state index contributed by atoms with van der Waals surface area (Å²) in [5.74, 6) is 1.45. The predicted octanol–water partition coefficient (Wildman–Crippen LogP) is 2.83. The minimum Gasteiger partial charge on any atom is -0.497 e. The number of ether oxygens (including phenoxy) is 1. The molecule has 1 fully saturated rings. The highest BCUT2D eigenvalue weighted by Crippen LogP contribution is 2.24. The van der Waals surface area contributed by atoms with E-state index in [1.165, 1.54) is 6.33 Å². The van der Waals surface area contributed by atoms with Crippen LogP contribution in [0.1, 0.15) is 10.4 Å². The van der Waals surface area contributed by atoms with E-state index in [0.29, 0.717) is 53.7 Å². The molecule has 0 atom stereocenters. The van der Waals surface area contributed by atoms with Crippen molar-refractivity contribution < 1.29 is 9.53 Å². The van der Waals surface area contributed by atoms with Crippen molar-refractivity contribution in [3.8, 4) is 11.4 Å². The van der Waals surface area contributed by atoms with E-state index in [0.717, 1.165) is 11.4 Å². The van der Waals surface area contributed by atoms with Gasteiger partial charge in [0.25, 0.3) is 5.91 Å². The zero-order valence-electron chi connectivity index (χ0n) is 17.3. The van der Waals surface area contributed by atoms with Crippen molar-refractivity contribution in [3.63, 3.8) is 0 Å². The molecule has 0 unspecified atom stereocenters. The van der Waals surface area contributed by atoms with Crippen LogP contribution in [0.4, 0.5) is 5.82 Å². The largest absolute Gasteiger partial charge is 0.497 e. The lowest BCUT2D eigenvalue weighted by atomic mass is 10.1. The minimum absolute atomic E-state index is 0.00817. The summed E-state index contributed by atoms with van der Waals surface area (Å²) in [6.07, 6.45) is 1.52. The maximum atomic E-state index is 12.8. The summed E-state index contributed by atoms with van der Waals surface area (Å²) in [6.45, 7) is 2.45. The average Bonchev–Trinajstić information content (AvgIpc) is 3.29. The molecule has 0 N–H and O–H groups in total. The molecule has 32 heavy (non-hydrogen) atoms. The van der Waals surface area contributed by atoms with Crippen LogP contribution in [0.3, 0.4) is 0 Å². The summed E-state index contributed by atoms with van der Waals surface area (Å²) in [4.78, 5) is 25.7. The predicted molar refractivity (Wildman–Crippen MR) is 121 cm³/mol. The molecule has 162 valence electrons. The lowest BCUT2D eigenvalue weighted by Gasteiger charge is -2.35. The number of fused-ring (bicyclic) bond motifs is 1. The van der Waals surface area contributed by atoms with Crippen molar-refractivity contribution in [2.24, 2.45) is 0 Å². The maximum absolute atomic E-state index is 12.8. The van der Waals surface area contributed by atoms with Gasteiger partial charge in [0.2, 0.25) is 0 Å². The molecule has 3 heterocycles. The molecular formula is C22H20ClN7O2. The number of carbonyl (C=O) groups is 1. The van der Waals surface area contributed by atoms with Gasteiger partial charge in [-0.3, -0.25) is 4.79 Å². The van der Waals surface area contributed by atoms with Crippen LogP contribution < -0.4 is 9.64 Å². The number of aromatic nitrogens is 5. The molecule has 2 aromatic heterocycles. The quantitative estimate of drug-likeness (QED) is 0.473. The first-order chi connectivity index (χ1) is 15.6. The summed E-state index contributed by atoms with van der Waals surface area (Å²) >= 11 is 5.99. The molecule has 0 bridgehead atoms. The SMILES string of the molecule is COc1ccc(C(=O)N2CCN(c3ncnc4c3nnn4-c3ccc(Cl)cc3)CC2)cc1. The zero-order valence-corrected chi connectivity index (χ0v) is 18.1. The van der Waals surface area contributed by atoms with E-state index < -0.39 is 0 Å². The van der Waals surface area contributed by atoms with E-state index >= 15 is 0 Å². The summed E-state index contributed by atoms with van der Waals surface area (Å²) < 4.78 is 6.83. The first-order valence-corrected chi connectivity index (χ1v) is 10.5. The number of rotatable bonds is 4. The van der Waals surface area contributed by atoms with Crippen LogP contribution in [0.2, 0.25) is 5.02 Å². The monoisotopic (exact) mass is 449 g/mol. The van der Waals surface area contributed by atoms with Crippen LogP contribution in [-0.4, -0.2) is 69.1 Å². The highest BCUT2D eigenvalue weighted by atomic mass is 35.5. The molecule has 2 aromatic carbocycles. The van der Waals surface area contributed by atoms with Gasteiger partial charge in [0.1, 0.15) is 12.1 Å². The molecule has 9 nitrogen and oxygen atoms in total. The Hall–Kier alpha value is -3.72. The zero-order chi connectivity index (χ0) is 22.1. The number of piperazine rings is 1. The molecule has 1 amide bonds. The molecular weight excluding hydrogens is 430 g/mol. The fourth-order valence-electron chi connectivity index (χ4n) is 3.76. The summed E-state index contributed by atoms with van der Waals surface area (Å²) in [5.41, 5.74) is 2.71. The first kappa shape index (κ1) is 20.2. The van der Waals surface area contributed by atoms with Crippen molar-refractivity contribution in [3.05, 3.63) is 65.4 Å². The Kier molecular flexibility index (Phi) is 5.32. The number of methoxy groups -OCH3 is 1. The van der Waals surface area contributed by atoms with Crippen molar-refractivity contribution in [2.75, 3.05) is 38.2 Å². The van der Waals surface area contributed by atoms with E-state index in [-0.39, 0.29) is 5.91 Å². The van der Waals surface area contributed by atoms with Gasteiger partial charge in [-0.05, 0) is 48.5 Å². The van der Waals surface area contributed by atoms with Crippen LogP contribution >= 0.6 is 11.6 Å². The standard InChI is InChI=1S/C22H20ClN7O2/c1-32-18-8-2-15(3-9-18)22(31)29-12-10-28(11-13-29)20-19-21(25-14-24-20)30(27-26-19)17-6-4-16(23)5-7-17/h2-9,14H,10-13H2,1H3. The van der Waals surface area contributed by atoms with Crippen LogP contribution in [0, 0.1) is 0 Å². The molecule has 4 aromatic rings. The van der Waals surface area contributed by atoms with Crippen LogP contribution in [0.15, 0.2) is 54.9 Å². The number of hydrogen-bond donors (Lipinski definition) is 0. The minimum atomic E-state index is 0.00817. The Bertz CT molecular complexity index is 1250. The second-order valence-electron chi connectivity index (χ2n) is 7.35. The molecule has 1 aliphatic rings. The van der Waals surface area contributed by atoms with Crippen LogP contribution in [0.25, 0.3) is 16.9 Å². The fraction of sp³-hybridized carbons (Fsp3) is 0.227. The van der Waals surface area contributed by atoms with Gasteiger partial charge in [-0.2, -0.15) is 4.68 Å². The lowest BCUT2D eigenvalue weighted by Crippen LogP contribution is -2.49. The Morgan fingerprint density at radius 2 is 1.69 bits per heavy atom.